The van der Waals surface area contributed by atoms with Crippen molar-refractivity contribution in [3.8, 4) is 0 Å². The van der Waals surface area contributed by atoms with Crippen LogP contribution < -0.4 is 0 Å². The van der Waals surface area contributed by atoms with Crippen molar-refractivity contribution in [1.82, 2.24) is 0 Å². The first kappa shape index (κ1) is 12.9. The Morgan fingerprint density at radius 3 is 1.91 bits per heavy atom. The molecule has 0 aliphatic heterocycles. The van der Waals surface area contributed by atoms with Crippen LogP contribution in [0.15, 0.2) is 36.5 Å². The van der Waals surface area contributed by atoms with Gasteiger partial charge in [-0.3, -0.25) is 0 Å². The maximum atomic E-state index is 3.00. The lowest BCUT2D eigenvalue weighted by molar-refractivity contribution is 1.13. The molecule has 11 heavy (non-hydrogen) atoms. The summed E-state index contributed by atoms with van der Waals surface area (Å²) in [6, 6.07) is 0. The van der Waals surface area contributed by atoms with Gasteiger partial charge in [-0.25, -0.2) is 0 Å². The summed E-state index contributed by atoms with van der Waals surface area (Å²) in [5, 5.41) is 0. The van der Waals surface area contributed by atoms with Gasteiger partial charge in [-0.2, -0.15) is 0 Å². The van der Waals surface area contributed by atoms with E-state index in [2.05, 4.69) is 53.0 Å². The molecule has 0 aliphatic carbocycles. The van der Waals surface area contributed by atoms with E-state index in [4.69, 9.17) is 0 Å². The van der Waals surface area contributed by atoms with Crippen molar-refractivity contribution >= 4 is 0 Å². The van der Waals surface area contributed by atoms with Gasteiger partial charge in [-0.05, 0) is 34.1 Å². The van der Waals surface area contributed by atoms with Crippen molar-refractivity contribution in [3.05, 3.63) is 36.5 Å². The normalized spacial score (nSPS) is 8.73. The lowest BCUT2D eigenvalue weighted by Gasteiger charge is -1.96. The number of rotatable bonds is 2. The number of hydrogen-bond acceptors (Lipinski definition) is 0. The highest BCUT2D eigenvalue weighted by Gasteiger charge is 1.85. The molecule has 0 N–H and O–H groups in total. The van der Waals surface area contributed by atoms with E-state index in [0.29, 0.717) is 0 Å². The van der Waals surface area contributed by atoms with Crippen molar-refractivity contribution in [2.24, 2.45) is 0 Å². The van der Waals surface area contributed by atoms with Gasteiger partial charge in [0.15, 0.2) is 0 Å². The second kappa shape index (κ2) is 9.22. The maximum Gasteiger partial charge on any atom is -0.0139 e. The third-order valence-corrected chi connectivity index (χ3v) is 1.51. The van der Waals surface area contributed by atoms with Gasteiger partial charge >= 0.3 is 0 Å². The average Bonchev–Trinajstić information content (AvgIpc) is 2.03. The molecule has 0 atom stereocenters. The molecule has 0 aliphatic rings. The molecule has 0 heterocycles. The van der Waals surface area contributed by atoms with E-state index in [9.17, 15) is 0 Å². The van der Waals surface area contributed by atoms with Crippen LogP contribution in [0, 0.1) is 0 Å². The Balaban J connectivity index is 0. The van der Waals surface area contributed by atoms with Crippen molar-refractivity contribution in [1.29, 1.82) is 0 Å². The molecule has 0 heteroatoms. The zero-order chi connectivity index (χ0) is 9.28. The second-order valence-electron chi connectivity index (χ2n) is 2.55. The highest BCUT2D eigenvalue weighted by molar-refractivity contribution is 5.10. The van der Waals surface area contributed by atoms with Gasteiger partial charge in [0.05, 0.1) is 0 Å². The zero-order valence-corrected chi connectivity index (χ0v) is 8.28. The summed E-state index contributed by atoms with van der Waals surface area (Å²) in [5.41, 5.74) is 2.92. The first-order valence-corrected chi connectivity index (χ1v) is 3.92. The summed E-state index contributed by atoms with van der Waals surface area (Å²) in [6.07, 6.45) is 5.38. The predicted octanol–water partition coefficient (Wildman–Crippen LogP) is 4.11. The molecule has 0 radical (unpaired) electrons. The summed E-state index contributed by atoms with van der Waals surface area (Å²) in [5.74, 6) is 0. The fourth-order valence-corrected chi connectivity index (χ4v) is 0.499. The lowest BCUT2D eigenvalue weighted by Crippen LogP contribution is -1.75. The van der Waals surface area contributed by atoms with Gasteiger partial charge in [0.1, 0.15) is 0 Å². The summed E-state index contributed by atoms with van der Waals surface area (Å²) < 4.78 is 0. The van der Waals surface area contributed by atoms with Crippen molar-refractivity contribution < 1.29 is 0 Å². The number of hydrogen-bond donors (Lipinski definition) is 0. The third-order valence-electron chi connectivity index (χ3n) is 1.51. The smallest absolute Gasteiger partial charge is 0.0139 e. The molecule has 0 nitrogen and oxygen atoms in total. The zero-order valence-electron chi connectivity index (χ0n) is 8.28. The van der Waals surface area contributed by atoms with E-state index >= 15 is 0 Å². The van der Waals surface area contributed by atoms with Crippen LogP contribution in [0.5, 0.6) is 0 Å². The second-order valence-corrected chi connectivity index (χ2v) is 2.55. The van der Waals surface area contributed by atoms with Gasteiger partial charge in [0, 0.05) is 0 Å². The molecule has 0 rings (SSSR count). The number of allylic oxidation sites excluding steroid dienone is 4. The summed E-state index contributed by atoms with van der Waals surface area (Å²) in [7, 11) is 0. The average molecular weight is 152 g/mol. The molecule has 0 saturated heterocycles. The standard InChI is InChI=1S/C9H16.C2H4/c1-5-6-7-9(4)8(2)3;1-2/h5-6H,7H2,1-4H3;1-2H2. The fourth-order valence-electron chi connectivity index (χ4n) is 0.499. The van der Waals surface area contributed by atoms with Crippen molar-refractivity contribution in [2.75, 3.05) is 0 Å². The Kier molecular flexibility index (Phi) is 10.8. The van der Waals surface area contributed by atoms with E-state index in [0.717, 1.165) is 6.42 Å². The molecular weight excluding hydrogens is 132 g/mol. The van der Waals surface area contributed by atoms with Crippen molar-refractivity contribution in [2.45, 2.75) is 34.1 Å². The van der Waals surface area contributed by atoms with Crippen LogP contribution in [0.1, 0.15) is 34.1 Å². The van der Waals surface area contributed by atoms with Gasteiger partial charge in [0.2, 0.25) is 0 Å². The van der Waals surface area contributed by atoms with E-state index in [1.165, 1.54) is 11.1 Å². The minimum absolute atomic E-state index is 1.11. The lowest BCUT2D eigenvalue weighted by atomic mass is 10.1. The van der Waals surface area contributed by atoms with Crippen LogP contribution in [-0.4, -0.2) is 0 Å². The summed E-state index contributed by atoms with van der Waals surface area (Å²) in [4.78, 5) is 0. The molecule has 0 fully saturated rings. The Hall–Kier alpha value is -0.780. The summed E-state index contributed by atoms with van der Waals surface area (Å²) >= 11 is 0. The first-order valence-electron chi connectivity index (χ1n) is 3.92. The molecule has 0 saturated carbocycles. The van der Waals surface area contributed by atoms with Gasteiger partial charge < -0.3 is 0 Å². The third kappa shape index (κ3) is 9.22. The molecule has 64 valence electrons. The SMILES string of the molecule is C=C.CC=CCC(C)=C(C)C. The Labute approximate surface area is 71.3 Å². The van der Waals surface area contributed by atoms with Gasteiger partial charge in [0.25, 0.3) is 0 Å². The van der Waals surface area contributed by atoms with Gasteiger partial charge in [-0.1, -0.05) is 23.3 Å². The molecule has 0 unspecified atom stereocenters. The van der Waals surface area contributed by atoms with E-state index in [1.54, 1.807) is 0 Å². The van der Waals surface area contributed by atoms with E-state index in [-0.39, 0.29) is 0 Å². The highest BCUT2D eigenvalue weighted by atomic mass is 13.9. The van der Waals surface area contributed by atoms with Crippen LogP contribution in [0.25, 0.3) is 0 Å². The minimum Gasteiger partial charge on any atom is -0.106 e. The van der Waals surface area contributed by atoms with Crippen LogP contribution in [0.3, 0.4) is 0 Å². The quantitative estimate of drug-likeness (QED) is 0.522. The Morgan fingerprint density at radius 1 is 1.18 bits per heavy atom. The van der Waals surface area contributed by atoms with Crippen LogP contribution in [-0.2, 0) is 0 Å². The van der Waals surface area contributed by atoms with E-state index in [1.807, 2.05) is 0 Å². The maximum absolute atomic E-state index is 3.00. The molecule has 0 spiro atoms. The Morgan fingerprint density at radius 2 is 1.64 bits per heavy atom. The predicted molar refractivity (Wildman–Crippen MR) is 54.7 cm³/mol. The van der Waals surface area contributed by atoms with Crippen LogP contribution in [0.2, 0.25) is 0 Å². The highest BCUT2D eigenvalue weighted by Crippen LogP contribution is 2.06. The molecular formula is C11H20. The molecule has 0 aromatic heterocycles. The largest absolute Gasteiger partial charge is 0.106 e. The van der Waals surface area contributed by atoms with Crippen LogP contribution in [0.4, 0.5) is 0 Å². The minimum atomic E-state index is 1.11. The first-order chi connectivity index (χ1) is 5.18. The molecule has 0 amide bonds. The monoisotopic (exact) mass is 152 g/mol. The topological polar surface area (TPSA) is 0 Å². The molecule has 0 bridgehead atoms. The Bertz CT molecular complexity index is 134. The summed E-state index contributed by atoms with van der Waals surface area (Å²) in [6.45, 7) is 14.5. The fraction of sp³-hybridized carbons (Fsp3) is 0.455. The van der Waals surface area contributed by atoms with E-state index < -0.39 is 0 Å². The molecule has 0 aromatic carbocycles. The van der Waals surface area contributed by atoms with Crippen molar-refractivity contribution in [3.63, 3.8) is 0 Å². The molecule has 0 aromatic rings. The van der Waals surface area contributed by atoms with Crippen LogP contribution >= 0.6 is 0 Å². The van der Waals surface area contributed by atoms with Gasteiger partial charge in [-0.15, -0.1) is 13.2 Å².